The van der Waals surface area contributed by atoms with Crippen molar-refractivity contribution in [2.24, 2.45) is 0 Å². The molecule has 0 bridgehead atoms. The van der Waals surface area contributed by atoms with Crippen LogP contribution >= 0.6 is 0 Å². The molecule has 3 aromatic carbocycles. The van der Waals surface area contributed by atoms with Gasteiger partial charge < -0.3 is 9.84 Å². The summed E-state index contributed by atoms with van der Waals surface area (Å²) in [5.41, 5.74) is 3.31. The lowest BCUT2D eigenvalue weighted by Gasteiger charge is -2.32. The fourth-order valence-corrected chi connectivity index (χ4v) is 4.06. The number of ether oxygens (including phenoxy) is 1. The van der Waals surface area contributed by atoms with Gasteiger partial charge in [0, 0.05) is 6.54 Å². The summed E-state index contributed by atoms with van der Waals surface area (Å²) in [7, 11) is 0. The molecule has 0 saturated carbocycles. The Morgan fingerprint density at radius 3 is 2.21 bits per heavy atom. The largest absolute Gasteiger partial charge is 0.489 e. The molecular formula is C25H25NO3. The molecule has 1 aliphatic heterocycles. The summed E-state index contributed by atoms with van der Waals surface area (Å²) in [6.45, 7) is 1.30. The van der Waals surface area contributed by atoms with Crippen molar-refractivity contribution < 1.29 is 14.6 Å². The third kappa shape index (κ3) is 4.49. The molecule has 4 heteroatoms. The molecule has 0 amide bonds. The second-order valence-corrected chi connectivity index (χ2v) is 7.39. The summed E-state index contributed by atoms with van der Waals surface area (Å²) in [6.07, 6.45) is 1.59. The lowest BCUT2D eigenvalue weighted by atomic mass is 9.96. The van der Waals surface area contributed by atoms with Crippen LogP contribution in [0.25, 0.3) is 0 Å². The van der Waals surface area contributed by atoms with Crippen LogP contribution in [-0.4, -0.2) is 28.6 Å². The maximum absolute atomic E-state index is 11.8. The molecule has 0 radical (unpaired) electrons. The van der Waals surface area contributed by atoms with E-state index in [0.717, 1.165) is 35.4 Å². The zero-order valence-electron chi connectivity index (χ0n) is 16.3. The Balaban J connectivity index is 1.57. The van der Waals surface area contributed by atoms with Gasteiger partial charge in [-0.25, -0.2) is 0 Å². The van der Waals surface area contributed by atoms with Crippen LogP contribution in [0.4, 0.5) is 0 Å². The number of hydrogen-bond acceptors (Lipinski definition) is 3. The maximum Gasteiger partial charge on any atom is 0.320 e. The number of carbonyl (C=O) groups is 1. The second kappa shape index (κ2) is 8.93. The first-order valence-corrected chi connectivity index (χ1v) is 10.0. The fraction of sp³-hybridized carbons (Fsp3) is 0.240. The SMILES string of the molecule is O=C(O)C1CCCN1C(c1ccccc1)c1ccc(OCc2ccccc2)cc1. The van der Waals surface area contributed by atoms with Gasteiger partial charge in [-0.3, -0.25) is 9.69 Å². The van der Waals surface area contributed by atoms with Gasteiger partial charge in [-0.05, 0) is 41.7 Å². The average molecular weight is 387 g/mol. The molecule has 1 aliphatic rings. The molecule has 0 aromatic heterocycles. The Bertz CT molecular complexity index is 925. The molecule has 29 heavy (non-hydrogen) atoms. The van der Waals surface area contributed by atoms with Gasteiger partial charge in [0.25, 0.3) is 0 Å². The molecule has 0 aliphatic carbocycles. The number of likely N-dealkylation sites (tertiary alicyclic amines) is 1. The first-order chi connectivity index (χ1) is 14.2. The fourth-order valence-electron chi connectivity index (χ4n) is 4.06. The van der Waals surface area contributed by atoms with Crippen LogP contribution in [0.1, 0.15) is 35.6 Å². The number of rotatable bonds is 7. The molecule has 148 valence electrons. The highest BCUT2D eigenvalue weighted by molar-refractivity contribution is 5.74. The Kier molecular flexibility index (Phi) is 5.92. The molecule has 4 rings (SSSR count). The first-order valence-electron chi connectivity index (χ1n) is 10.0. The normalized spacial score (nSPS) is 17.7. The third-order valence-corrected chi connectivity index (χ3v) is 5.47. The minimum Gasteiger partial charge on any atom is -0.489 e. The van der Waals surface area contributed by atoms with Crippen LogP contribution in [-0.2, 0) is 11.4 Å². The molecule has 4 nitrogen and oxygen atoms in total. The molecule has 1 saturated heterocycles. The quantitative estimate of drug-likeness (QED) is 0.626. The van der Waals surface area contributed by atoms with E-state index in [1.807, 2.05) is 60.7 Å². The van der Waals surface area contributed by atoms with Crippen LogP contribution in [0, 0.1) is 0 Å². The first kappa shape index (κ1) is 19.2. The number of nitrogens with zero attached hydrogens (tertiary/aromatic N) is 1. The number of carboxylic acid groups (broad SMARTS) is 1. The van der Waals surface area contributed by atoms with Crippen LogP contribution in [0.15, 0.2) is 84.9 Å². The average Bonchev–Trinajstić information content (AvgIpc) is 3.25. The van der Waals surface area contributed by atoms with E-state index in [2.05, 4.69) is 29.2 Å². The van der Waals surface area contributed by atoms with Gasteiger partial charge in [-0.1, -0.05) is 72.8 Å². The molecule has 1 fully saturated rings. The second-order valence-electron chi connectivity index (χ2n) is 7.39. The monoisotopic (exact) mass is 387 g/mol. The predicted molar refractivity (Wildman–Crippen MR) is 113 cm³/mol. The lowest BCUT2D eigenvalue weighted by molar-refractivity contribution is -0.142. The minimum absolute atomic E-state index is 0.0806. The van der Waals surface area contributed by atoms with E-state index in [4.69, 9.17) is 4.74 Å². The van der Waals surface area contributed by atoms with Gasteiger partial charge >= 0.3 is 5.97 Å². The highest BCUT2D eigenvalue weighted by atomic mass is 16.5. The van der Waals surface area contributed by atoms with Crippen molar-refractivity contribution in [3.63, 3.8) is 0 Å². The van der Waals surface area contributed by atoms with Crippen molar-refractivity contribution in [2.45, 2.75) is 31.5 Å². The lowest BCUT2D eigenvalue weighted by Crippen LogP contribution is -2.39. The van der Waals surface area contributed by atoms with Crippen molar-refractivity contribution in [1.82, 2.24) is 4.90 Å². The summed E-state index contributed by atoms with van der Waals surface area (Å²) >= 11 is 0. The van der Waals surface area contributed by atoms with E-state index in [1.165, 1.54) is 0 Å². The van der Waals surface area contributed by atoms with Gasteiger partial charge in [0.2, 0.25) is 0 Å². The Labute approximate surface area is 171 Å². The van der Waals surface area contributed by atoms with E-state index in [-0.39, 0.29) is 6.04 Å². The van der Waals surface area contributed by atoms with Crippen LogP contribution in [0.3, 0.4) is 0 Å². The van der Waals surface area contributed by atoms with Crippen LogP contribution < -0.4 is 4.74 Å². The zero-order chi connectivity index (χ0) is 20.1. The summed E-state index contributed by atoms with van der Waals surface area (Å²) in [5.74, 6) is 0.0619. The predicted octanol–water partition coefficient (Wildman–Crippen LogP) is 4.90. The van der Waals surface area contributed by atoms with Gasteiger partial charge in [-0.15, -0.1) is 0 Å². The topological polar surface area (TPSA) is 49.8 Å². The van der Waals surface area contributed by atoms with Crippen LogP contribution in [0.2, 0.25) is 0 Å². The van der Waals surface area contributed by atoms with E-state index in [9.17, 15) is 9.90 Å². The van der Waals surface area contributed by atoms with Crippen molar-refractivity contribution in [3.05, 3.63) is 102 Å². The van der Waals surface area contributed by atoms with Crippen molar-refractivity contribution >= 4 is 5.97 Å². The molecular weight excluding hydrogens is 362 g/mol. The summed E-state index contributed by atoms with van der Waals surface area (Å²) < 4.78 is 5.91. The highest BCUT2D eigenvalue weighted by Gasteiger charge is 2.36. The molecule has 3 aromatic rings. The standard InChI is InChI=1S/C25H25NO3/c27-25(28)23-12-7-17-26(23)24(20-10-5-2-6-11-20)21-13-15-22(16-14-21)29-18-19-8-3-1-4-9-19/h1-6,8-11,13-16,23-24H,7,12,17-18H2,(H,27,28). The van der Waals surface area contributed by atoms with Gasteiger partial charge in [0.15, 0.2) is 0 Å². The smallest absolute Gasteiger partial charge is 0.320 e. The number of hydrogen-bond donors (Lipinski definition) is 1. The maximum atomic E-state index is 11.8. The zero-order valence-corrected chi connectivity index (χ0v) is 16.3. The van der Waals surface area contributed by atoms with E-state index in [0.29, 0.717) is 13.0 Å². The highest BCUT2D eigenvalue weighted by Crippen LogP contribution is 2.35. The summed E-state index contributed by atoms with van der Waals surface area (Å²) in [4.78, 5) is 13.9. The molecule has 2 unspecified atom stereocenters. The Morgan fingerprint density at radius 1 is 0.931 bits per heavy atom. The van der Waals surface area contributed by atoms with Crippen LogP contribution in [0.5, 0.6) is 5.75 Å². The van der Waals surface area contributed by atoms with Gasteiger partial charge in [0.1, 0.15) is 18.4 Å². The molecule has 0 spiro atoms. The van der Waals surface area contributed by atoms with Crippen molar-refractivity contribution in [3.8, 4) is 5.75 Å². The summed E-state index contributed by atoms with van der Waals surface area (Å²) in [6, 6.07) is 27.7. The minimum atomic E-state index is -0.744. The Morgan fingerprint density at radius 2 is 1.55 bits per heavy atom. The number of benzene rings is 3. The summed E-state index contributed by atoms with van der Waals surface area (Å²) in [5, 5.41) is 9.69. The van der Waals surface area contributed by atoms with E-state index in [1.54, 1.807) is 0 Å². The van der Waals surface area contributed by atoms with Crippen molar-refractivity contribution in [1.29, 1.82) is 0 Å². The van der Waals surface area contributed by atoms with E-state index < -0.39 is 12.0 Å². The van der Waals surface area contributed by atoms with Gasteiger partial charge in [0.05, 0.1) is 6.04 Å². The van der Waals surface area contributed by atoms with E-state index >= 15 is 0 Å². The third-order valence-electron chi connectivity index (χ3n) is 5.47. The van der Waals surface area contributed by atoms with Gasteiger partial charge in [-0.2, -0.15) is 0 Å². The van der Waals surface area contributed by atoms with Crippen molar-refractivity contribution in [2.75, 3.05) is 6.54 Å². The number of aliphatic carboxylic acids is 1. The molecule has 1 N–H and O–H groups in total. The number of carboxylic acids is 1. The molecule has 2 atom stereocenters. The molecule has 1 heterocycles. The Hall–Kier alpha value is -3.11.